The highest BCUT2D eigenvalue weighted by molar-refractivity contribution is 7.09. The molecule has 2 rings (SSSR count). The van der Waals surface area contributed by atoms with Crippen LogP contribution in [-0.2, 0) is 6.54 Å². The zero-order valence-corrected chi connectivity index (χ0v) is 15.1. The first kappa shape index (κ1) is 18.4. The first-order valence-corrected chi connectivity index (χ1v) is 9.23. The topological polar surface area (TPSA) is 77.2 Å². The lowest BCUT2D eigenvalue weighted by Gasteiger charge is -2.10. The van der Waals surface area contributed by atoms with E-state index in [-0.39, 0.29) is 11.9 Å². The number of benzene rings is 1. The quantitative estimate of drug-likeness (QED) is 0.726. The van der Waals surface area contributed by atoms with Crippen molar-refractivity contribution in [3.05, 3.63) is 45.9 Å². The number of nitrogens with one attached hydrogen (secondary N) is 1. The molecule has 3 N–H and O–H groups in total. The van der Waals surface area contributed by atoms with Crippen molar-refractivity contribution >= 4 is 17.2 Å². The molecule has 24 heavy (non-hydrogen) atoms. The van der Waals surface area contributed by atoms with Gasteiger partial charge in [0.1, 0.15) is 16.5 Å². The van der Waals surface area contributed by atoms with Crippen LogP contribution in [0.3, 0.4) is 0 Å². The molecule has 130 valence electrons. The number of nitrogens with zero attached hydrogens (tertiary/aromatic N) is 1. The zero-order chi connectivity index (χ0) is 17.4. The predicted octanol–water partition coefficient (Wildman–Crippen LogP) is 3.66. The van der Waals surface area contributed by atoms with E-state index in [4.69, 9.17) is 10.5 Å². The van der Waals surface area contributed by atoms with Crippen LogP contribution in [0.2, 0.25) is 0 Å². The Bertz CT molecular complexity index is 657. The molecule has 0 fully saturated rings. The summed E-state index contributed by atoms with van der Waals surface area (Å²) in [5.74, 6) is 0.604. The van der Waals surface area contributed by atoms with Gasteiger partial charge in [-0.05, 0) is 19.4 Å². The Morgan fingerprint density at radius 1 is 1.38 bits per heavy atom. The van der Waals surface area contributed by atoms with Gasteiger partial charge in [0.25, 0.3) is 5.91 Å². The van der Waals surface area contributed by atoms with Crippen molar-refractivity contribution in [3.8, 4) is 5.75 Å². The van der Waals surface area contributed by atoms with Gasteiger partial charge in [-0.3, -0.25) is 4.79 Å². The summed E-state index contributed by atoms with van der Waals surface area (Å²) in [4.78, 5) is 16.7. The normalized spacial score (nSPS) is 12.0. The van der Waals surface area contributed by atoms with Gasteiger partial charge in [-0.1, -0.05) is 38.0 Å². The summed E-state index contributed by atoms with van der Waals surface area (Å²) < 4.78 is 5.57. The summed E-state index contributed by atoms with van der Waals surface area (Å²) in [6, 6.07) is 7.60. The number of aromatic nitrogens is 1. The van der Waals surface area contributed by atoms with Crippen LogP contribution < -0.4 is 15.8 Å². The van der Waals surface area contributed by atoms with Crippen LogP contribution in [-0.4, -0.2) is 17.5 Å². The summed E-state index contributed by atoms with van der Waals surface area (Å²) in [7, 11) is 0. The number of carbonyl (C=O) groups is 1. The molecule has 0 spiro atoms. The number of thiazole rings is 1. The van der Waals surface area contributed by atoms with Gasteiger partial charge in [0.05, 0.1) is 12.6 Å². The number of para-hydroxylation sites is 1. The summed E-state index contributed by atoms with van der Waals surface area (Å²) in [6.07, 6.45) is 3.06. The molecule has 0 saturated carbocycles. The second kappa shape index (κ2) is 9.39. The number of nitrogens with two attached hydrogens (primary N) is 1. The number of ether oxygens (including phenoxy) is 1. The molecule has 1 aromatic heterocycles. The average molecular weight is 347 g/mol. The molecule has 0 aliphatic heterocycles. The van der Waals surface area contributed by atoms with Crippen molar-refractivity contribution in [2.24, 2.45) is 5.73 Å². The van der Waals surface area contributed by atoms with Crippen molar-refractivity contribution < 1.29 is 9.53 Å². The molecular weight excluding hydrogens is 322 g/mol. The summed E-state index contributed by atoms with van der Waals surface area (Å²) in [5.41, 5.74) is 7.49. The van der Waals surface area contributed by atoms with E-state index in [2.05, 4.69) is 17.2 Å². The monoisotopic (exact) mass is 347 g/mol. The molecule has 1 aromatic carbocycles. The van der Waals surface area contributed by atoms with Crippen molar-refractivity contribution in [3.63, 3.8) is 0 Å². The van der Waals surface area contributed by atoms with E-state index in [0.717, 1.165) is 35.6 Å². The average Bonchev–Trinajstić information content (AvgIpc) is 3.09. The summed E-state index contributed by atoms with van der Waals surface area (Å²) >= 11 is 1.45. The molecule has 2 aromatic rings. The van der Waals surface area contributed by atoms with Crippen LogP contribution in [0.5, 0.6) is 5.75 Å². The number of rotatable bonds is 9. The van der Waals surface area contributed by atoms with Gasteiger partial charge in [-0.15, -0.1) is 11.3 Å². The van der Waals surface area contributed by atoms with Gasteiger partial charge in [-0.25, -0.2) is 4.98 Å². The number of hydrogen-bond acceptors (Lipinski definition) is 5. The second-order valence-corrected chi connectivity index (χ2v) is 6.43. The minimum Gasteiger partial charge on any atom is -0.494 e. The Morgan fingerprint density at radius 2 is 2.17 bits per heavy atom. The first-order chi connectivity index (χ1) is 11.7. The van der Waals surface area contributed by atoms with Gasteiger partial charge in [0.2, 0.25) is 0 Å². The maximum atomic E-state index is 12.3. The molecule has 1 unspecified atom stereocenters. The highest BCUT2D eigenvalue weighted by Crippen LogP contribution is 2.21. The van der Waals surface area contributed by atoms with Crippen LogP contribution in [0.4, 0.5) is 0 Å². The fourth-order valence-electron chi connectivity index (χ4n) is 2.32. The summed E-state index contributed by atoms with van der Waals surface area (Å²) in [6.45, 7) is 5.07. The predicted molar refractivity (Wildman–Crippen MR) is 97.3 cm³/mol. The minimum atomic E-state index is -0.188. The molecule has 5 nitrogen and oxygen atoms in total. The first-order valence-electron chi connectivity index (χ1n) is 8.35. The van der Waals surface area contributed by atoms with Crippen LogP contribution in [0, 0.1) is 0 Å². The fraction of sp³-hybridized carbons (Fsp3) is 0.444. The largest absolute Gasteiger partial charge is 0.494 e. The Hall–Kier alpha value is -1.92. The van der Waals surface area contributed by atoms with E-state index in [1.165, 1.54) is 11.3 Å². The third-order valence-corrected chi connectivity index (χ3v) is 4.63. The molecule has 1 atom stereocenters. The van der Waals surface area contributed by atoms with Crippen LogP contribution in [0.25, 0.3) is 0 Å². The lowest BCUT2D eigenvalue weighted by Crippen LogP contribution is -2.23. The highest BCUT2D eigenvalue weighted by atomic mass is 32.1. The van der Waals surface area contributed by atoms with Gasteiger partial charge in [0.15, 0.2) is 0 Å². The van der Waals surface area contributed by atoms with Gasteiger partial charge in [-0.2, -0.15) is 0 Å². The molecule has 1 amide bonds. The van der Waals surface area contributed by atoms with E-state index < -0.39 is 0 Å². The van der Waals surface area contributed by atoms with Crippen molar-refractivity contribution in [1.29, 1.82) is 0 Å². The maximum Gasteiger partial charge on any atom is 0.271 e. The Labute approximate surface area is 147 Å². The van der Waals surface area contributed by atoms with Crippen molar-refractivity contribution in [1.82, 2.24) is 10.3 Å². The molecule has 0 aliphatic carbocycles. The van der Waals surface area contributed by atoms with Crippen LogP contribution in [0.1, 0.15) is 60.2 Å². The number of hydrogen-bond donors (Lipinski definition) is 2. The third-order valence-electron chi connectivity index (χ3n) is 3.65. The Balaban J connectivity index is 1.95. The lowest BCUT2D eigenvalue weighted by molar-refractivity contribution is 0.0946. The van der Waals surface area contributed by atoms with Crippen LogP contribution in [0.15, 0.2) is 29.6 Å². The van der Waals surface area contributed by atoms with Crippen molar-refractivity contribution in [2.45, 2.75) is 45.7 Å². The van der Waals surface area contributed by atoms with E-state index in [0.29, 0.717) is 18.8 Å². The minimum absolute atomic E-state index is 0.0878. The standard InChI is InChI=1S/C18H25N3O2S/c1-3-5-9-14(19)18-21-15(12-24-18)17(22)20-11-13-8-6-7-10-16(13)23-4-2/h6-8,10,12,14H,3-5,9,11,19H2,1-2H3,(H,20,22). The Kier molecular flexibility index (Phi) is 7.21. The lowest BCUT2D eigenvalue weighted by atomic mass is 10.1. The third kappa shape index (κ3) is 5.04. The SMILES string of the molecule is CCCCC(N)c1nc(C(=O)NCc2ccccc2OCC)cs1. The molecule has 0 saturated heterocycles. The summed E-state index contributed by atoms with van der Waals surface area (Å²) in [5, 5.41) is 5.49. The van der Waals surface area contributed by atoms with E-state index in [1.807, 2.05) is 31.2 Å². The number of amides is 1. The number of carbonyl (C=O) groups excluding carboxylic acids is 1. The maximum absolute atomic E-state index is 12.3. The van der Waals surface area contributed by atoms with Gasteiger partial charge >= 0.3 is 0 Å². The van der Waals surface area contributed by atoms with Gasteiger partial charge in [0, 0.05) is 17.5 Å². The van der Waals surface area contributed by atoms with Gasteiger partial charge < -0.3 is 15.8 Å². The van der Waals surface area contributed by atoms with E-state index >= 15 is 0 Å². The molecule has 0 aliphatic rings. The highest BCUT2D eigenvalue weighted by Gasteiger charge is 2.15. The van der Waals surface area contributed by atoms with E-state index in [9.17, 15) is 4.79 Å². The molecule has 0 radical (unpaired) electrons. The van der Waals surface area contributed by atoms with E-state index in [1.54, 1.807) is 5.38 Å². The second-order valence-electron chi connectivity index (χ2n) is 5.54. The molecular formula is C18H25N3O2S. The Morgan fingerprint density at radius 3 is 2.92 bits per heavy atom. The fourth-order valence-corrected chi connectivity index (χ4v) is 3.16. The zero-order valence-electron chi connectivity index (χ0n) is 14.2. The molecule has 6 heteroatoms. The molecule has 0 bridgehead atoms. The van der Waals surface area contributed by atoms with Crippen molar-refractivity contribution in [2.75, 3.05) is 6.61 Å². The number of unbranched alkanes of at least 4 members (excludes halogenated alkanes) is 1. The smallest absolute Gasteiger partial charge is 0.271 e. The van der Waals surface area contributed by atoms with Crippen LogP contribution >= 0.6 is 11.3 Å². The molecule has 1 heterocycles.